The molecule has 1 aromatic rings. The molecular weight excluding hydrogens is 285 g/mol. The molecule has 1 spiro atoms. The van der Waals surface area contributed by atoms with Gasteiger partial charge in [-0.15, -0.1) is 0 Å². The van der Waals surface area contributed by atoms with Crippen LogP contribution in [0.25, 0.3) is 5.57 Å². The number of aliphatic hydroxyl groups excluding tert-OH is 1. The topological polar surface area (TPSA) is 49.8 Å². The van der Waals surface area contributed by atoms with E-state index in [1.807, 2.05) is 20.9 Å². The first-order valence-electron chi connectivity index (χ1n) is 7.63. The fraction of sp³-hybridized carbons (Fsp3) is 0.471. The summed E-state index contributed by atoms with van der Waals surface area (Å²) in [6, 6.07) is 5.50. The predicted molar refractivity (Wildman–Crippen MR) is 82.9 cm³/mol. The minimum absolute atomic E-state index is 0.0118. The molecule has 1 fully saturated rings. The van der Waals surface area contributed by atoms with E-state index in [0.717, 1.165) is 13.1 Å². The largest absolute Gasteiger partial charge is 0.507 e. The molecule has 2 heterocycles. The van der Waals surface area contributed by atoms with Crippen LogP contribution in [0.5, 0.6) is 0 Å². The van der Waals surface area contributed by atoms with Gasteiger partial charge in [0.2, 0.25) is 0 Å². The van der Waals surface area contributed by atoms with Gasteiger partial charge in [0, 0.05) is 25.9 Å². The van der Waals surface area contributed by atoms with E-state index in [9.17, 15) is 14.3 Å². The Bertz CT molecular complexity index is 572. The SMILES string of the molecule is CC.CN1CCC2(CC1)OC(=O)C(c1ccc(F)cc1)=C2O. The van der Waals surface area contributed by atoms with Crippen molar-refractivity contribution in [2.24, 2.45) is 0 Å². The summed E-state index contributed by atoms with van der Waals surface area (Å²) in [4.78, 5) is 14.2. The Hall–Kier alpha value is -1.88. The normalized spacial score (nSPS) is 20.6. The van der Waals surface area contributed by atoms with Crippen LogP contribution in [0.2, 0.25) is 0 Å². The van der Waals surface area contributed by atoms with E-state index in [4.69, 9.17) is 4.74 Å². The Morgan fingerprint density at radius 2 is 1.73 bits per heavy atom. The number of hydrogen-bond acceptors (Lipinski definition) is 4. The van der Waals surface area contributed by atoms with E-state index in [1.54, 1.807) is 0 Å². The molecule has 0 aromatic heterocycles. The highest BCUT2D eigenvalue weighted by molar-refractivity contribution is 6.19. The zero-order valence-corrected chi connectivity index (χ0v) is 13.2. The molecule has 1 saturated heterocycles. The van der Waals surface area contributed by atoms with Gasteiger partial charge in [0.05, 0.1) is 0 Å². The first kappa shape index (κ1) is 16.5. The van der Waals surface area contributed by atoms with Crippen LogP contribution in [0.3, 0.4) is 0 Å². The van der Waals surface area contributed by atoms with Gasteiger partial charge in [0.15, 0.2) is 11.4 Å². The van der Waals surface area contributed by atoms with Gasteiger partial charge >= 0.3 is 5.97 Å². The minimum atomic E-state index is -0.896. The number of piperidine rings is 1. The number of nitrogens with zero attached hydrogens (tertiary/aromatic N) is 1. The number of carbonyl (C=O) groups excluding carboxylic acids is 1. The number of likely N-dealkylation sites (tertiary alicyclic amines) is 1. The van der Waals surface area contributed by atoms with E-state index in [2.05, 4.69) is 4.90 Å². The first-order chi connectivity index (χ1) is 10.5. The number of aliphatic hydroxyl groups is 1. The lowest BCUT2D eigenvalue weighted by atomic mass is 9.88. The number of rotatable bonds is 1. The summed E-state index contributed by atoms with van der Waals surface area (Å²) < 4.78 is 18.4. The van der Waals surface area contributed by atoms with E-state index in [0.29, 0.717) is 18.4 Å². The average molecular weight is 307 g/mol. The Morgan fingerprint density at radius 1 is 1.18 bits per heavy atom. The van der Waals surface area contributed by atoms with E-state index in [-0.39, 0.29) is 17.1 Å². The van der Waals surface area contributed by atoms with Crippen molar-refractivity contribution >= 4 is 11.5 Å². The van der Waals surface area contributed by atoms with Crippen molar-refractivity contribution in [1.29, 1.82) is 0 Å². The lowest BCUT2D eigenvalue weighted by Gasteiger charge is -2.36. The predicted octanol–water partition coefficient (Wildman–Crippen LogP) is 3.14. The van der Waals surface area contributed by atoms with Gasteiger partial charge in [-0.25, -0.2) is 9.18 Å². The average Bonchev–Trinajstić information content (AvgIpc) is 2.77. The van der Waals surface area contributed by atoms with Crippen LogP contribution in [-0.4, -0.2) is 41.7 Å². The molecule has 4 nitrogen and oxygen atoms in total. The zero-order chi connectivity index (χ0) is 16.3. The molecular formula is C17H22FNO3. The third-order valence-corrected chi connectivity index (χ3v) is 4.09. The zero-order valence-electron chi connectivity index (χ0n) is 13.2. The van der Waals surface area contributed by atoms with Crippen LogP contribution in [0, 0.1) is 5.82 Å². The van der Waals surface area contributed by atoms with Gasteiger partial charge in [0.1, 0.15) is 11.4 Å². The summed E-state index contributed by atoms with van der Waals surface area (Å²) in [6.07, 6.45) is 1.15. The summed E-state index contributed by atoms with van der Waals surface area (Å²) in [6.45, 7) is 5.52. The molecule has 3 rings (SSSR count). The molecule has 120 valence electrons. The number of carbonyl (C=O) groups is 1. The van der Waals surface area contributed by atoms with E-state index >= 15 is 0 Å². The Balaban J connectivity index is 0.000000847. The number of benzene rings is 1. The Kier molecular flexibility index (Phi) is 4.86. The Labute approximate surface area is 130 Å². The van der Waals surface area contributed by atoms with E-state index in [1.165, 1.54) is 24.3 Å². The fourth-order valence-corrected chi connectivity index (χ4v) is 2.79. The number of halogens is 1. The maximum absolute atomic E-state index is 13.0. The quantitative estimate of drug-likeness (QED) is 0.810. The molecule has 0 saturated carbocycles. The van der Waals surface area contributed by atoms with Crippen LogP contribution in [0.4, 0.5) is 4.39 Å². The van der Waals surface area contributed by atoms with Crippen LogP contribution in [-0.2, 0) is 9.53 Å². The minimum Gasteiger partial charge on any atom is -0.507 e. The summed E-state index contributed by atoms with van der Waals surface area (Å²) in [5, 5.41) is 10.5. The molecule has 2 aliphatic heterocycles. The highest BCUT2D eigenvalue weighted by Gasteiger charge is 2.49. The molecule has 0 aliphatic carbocycles. The second kappa shape index (κ2) is 6.48. The molecule has 0 atom stereocenters. The molecule has 22 heavy (non-hydrogen) atoms. The van der Waals surface area contributed by atoms with Crippen molar-refractivity contribution in [3.05, 3.63) is 41.4 Å². The monoisotopic (exact) mass is 307 g/mol. The van der Waals surface area contributed by atoms with Crippen LogP contribution < -0.4 is 0 Å². The fourth-order valence-electron chi connectivity index (χ4n) is 2.79. The molecule has 0 amide bonds. The molecule has 0 radical (unpaired) electrons. The van der Waals surface area contributed by atoms with Gasteiger partial charge in [0.25, 0.3) is 0 Å². The standard InChI is InChI=1S/C15H16FNO3.C2H6/c1-17-8-6-15(7-9-17)13(18)12(14(19)20-15)10-2-4-11(16)5-3-10;1-2/h2-5,18H,6-9H2,1H3;1-2H3. The number of ether oxygens (including phenoxy) is 1. The van der Waals surface area contributed by atoms with Gasteiger partial charge in [-0.1, -0.05) is 26.0 Å². The molecule has 1 N–H and O–H groups in total. The van der Waals surface area contributed by atoms with Gasteiger partial charge in [-0.3, -0.25) is 0 Å². The third kappa shape index (κ3) is 2.86. The second-order valence-electron chi connectivity index (χ2n) is 5.42. The van der Waals surface area contributed by atoms with Gasteiger partial charge in [-0.2, -0.15) is 0 Å². The van der Waals surface area contributed by atoms with Crippen molar-refractivity contribution in [2.75, 3.05) is 20.1 Å². The van der Waals surface area contributed by atoms with Crippen LogP contribution in [0.1, 0.15) is 32.3 Å². The number of esters is 1. The summed E-state index contributed by atoms with van der Waals surface area (Å²) in [5.74, 6) is -0.921. The van der Waals surface area contributed by atoms with Gasteiger partial charge < -0.3 is 14.7 Å². The summed E-state index contributed by atoms with van der Waals surface area (Å²) >= 11 is 0. The summed E-state index contributed by atoms with van der Waals surface area (Å²) in [5.41, 5.74) is -0.243. The van der Waals surface area contributed by atoms with Crippen molar-refractivity contribution in [1.82, 2.24) is 4.90 Å². The molecule has 1 aromatic carbocycles. The highest BCUT2D eigenvalue weighted by Crippen LogP contribution is 2.42. The van der Waals surface area contributed by atoms with Crippen molar-refractivity contribution in [3.8, 4) is 0 Å². The lowest BCUT2D eigenvalue weighted by molar-refractivity contribution is -0.150. The lowest BCUT2D eigenvalue weighted by Crippen LogP contribution is -2.44. The summed E-state index contributed by atoms with van der Waals surface area (Å²) in [7, 11) is 1.99. The maximum atomic E-state index is 13.0. The van der Waals surface area contributed by atoms with E-state index < -0.39 is 11.6 Å². The smallest absolute Gasteiger partial charge is 0.343 e. The molecule has 0 bridgehead atoms. The van der Waals surface area contributed by atoms with Crippen molar-refractivity contribution in [3.63, 3.8) is 0 Å². The van der Waals surface area contributed by atoms with Crippen molar-refractivity contribution < 1.29 is 19.0 Å². The van der Waals surface area contributed by atoms with Gasteiger partial charge in [-0.05, 0) is 24.7 Å². The maximum Gasteiger partial charge on any atom is 0.343 e. The second-order valence-corrected chi connectivity index (χ2v) is 5.42. The molecule has 2 aliphatic rings. The third-order valence-electron chi connectivity index (χ3n) is 4.09. The van der Waals surface area contributed by atoms with Crippen LogP contribution >= 0.6 is 0 Å². The van der Waals surface area contributed by atoms with Crippen molar-refractivity contribution in [2.45, 2.75) is 32.3 Å². The molecule has 0 unspecified atom stereocenters. The van der Waals surface area contributed by atoms with Crippen LogP contribution in [0.15, 0.2) is 30.0 Å². The Morgan fingerprint density at radius 3 is 2.27 bits per heavy atom. The molecule has 5 heteroatoms. The number of hydrogen-bond donors (Lipinski definition) is 1. The first-order valence-corrected chi connectivity index (χ1v) is 7.63. The highest BCUT2D eigenvalue weighted by atomic mass is 19.1.